The minimum atomic E-state index is -0.530. The van der Waals surface area contributed by atoms with Crippen molar-refractivity contribution in [2.45, 2.75) is 24.7 Å². The molecule has 31 heavy (non-hydrogen) atoms. The summed E-state index contributed by atoms with van der Waals surface area (Å²) >= 11 is 7.36. The molecule has 0 N–H and O–H groups in total. The van der Waals surface area contributed by atoms with E-state index in [9.17, 15) is 14.9 Å². The summed E-state index contributed by atoms with van der Waals surface area (Å²) in [7, 11) is 0. The van der Waals surface area contributed by atoms with Crippen LogP contribution in [0, 0.1) is 10.1 Å². The topological polar surface area (TPSA) is 100 Å². The fraction of sp³-hybridized carbons (Fsp3) is 0.190. The van der Waals surface area contributed by atoms with Crippen LogP contribution in [-0.4, -0.2) is 31.2 Å². The Labute approximate surface area is 188 Å². The molecule has 1 heterocycles. The Morgan fingerprint density at radius 1 is 1.32 bits per heavy atom. The van der Waals surface area contributed by atoms with Crippen LogP contribution in [0.1, 0.15) is 29.2 Å². The number of para-hydroxylation sites is 1. The zero-order valence-corrected chi connectivity index (χ0v) is 18.2. The highest BCUT2D eigenvalue weighted by molar-refractivity contribution is 7.99. The van der Waals surface area contributed by atoms with Crippen LogP contribution in [0.3, 0.4) is 0 Å². The molecule has 2 aromatic carbocycles. The Morgan fingerprint density at radius 2 is 2.10 bits per heavy atom. The van der Waals surface area contributed by atoms with Crippen molar-refractivity contribution in [1.29, 1.82) is 0 Å². The van der Waals surface area contributed by atoms with Gasteiger partial charge >= 0.3 is 0 Å². The molecular formula is C21H19ClN4O4S. The molecule has 160 valence electrons. The number of carbonyl (C=O) groups excluding carboxylic acids is 1. The van der Waals surface area contributed by atoms with Crippen LogP contribution < -0.4 is 4.74 Å². The first-order valence-electron chi connectivity index (χ1n) is 9.26. The number of thioether (sulfide) groups is 1. The molecule has 0 saturated heterocycles. The molecule has 0 aliphatic rings. The normalized spacial score (nSPS) is 11.7. The summed E-state index contributed by atoms with van der Waals surface area (Å²) in [6, 6.07) is 12.8. The first kappa shape index (κ1) is 22.5. The van der Waals surface area contributed by atoms with Crippen molar-refractivity contribution < 1.29 is 14.5 Å². The summed E-state index contributed by atoms with van der Waals surface area (Å²) in [5.41, 5.74) is 0.144. The van der Waals surface area contributed by atoms with Crippen LogP contribution >= 0.6 is 23.4 Å². The number of Topliss-reactive ketones (excluding diaryl/α,β-unsaturated/α-hetero) is 1. The number of ether oxygens (including phenoxy) is 1. The Kier molecular flexibility index (Phi) is 7.43. The number of nitrogens with zero attached hydrogens (tertiary/aromatic N) is 4. The van der Waals surface area contributed by atoms with Crippen LogP contribution in [0.15, 0.2) is 66.3 Å². The van der Waals surface area contributed by atoms with Gasteiger partial charge in [0, 0.05) is 24.2 Å². The highest BCUT2D eigenvalue weighted by Gasteiger charge is 2.21. The lowest BCUT2D eigenvalue weighted by molar-refractivity contribution is -0.384. The third kappa shape index (κ3) is 5.50. The van der Waals surface area contributed by atoms with Gasteiger partial charge in [0.15, 0.2) is 22.9 Å². The third-order valence-corrected chi connectivity index (χ3v) is 5.55. The molecule has 0 saturated carbocycles. The molecule has 0 aliphatic heterocycles. The number of hydrogen-bond donors (Lipinski definition) is 0. The van der Waals surface area contributed by atoms with Crippen molar-refractivity contribution in [3.63, 3.8) is 0 Å². The van der Waals surface area contributed by atoms with Crippen LogP contribution in [0.25, 0.3) is 0 Å². The summed E-state index contributed by atoms with van der Waals surface area (Å²) in [6.07, 6.45) is 1.25. The van der Waals surface area contributed by atoms with Crippen molar-refractivity contribution in [2.24, 2.45) is 0 Å². The van der Waals surface area contributed by atoms with Gasteiger partial charge in [-0.25, -0.2) is 0 Å². The number of non-ortho nitro benzene ring substituents is 1. The van der Waals surface area contributed by atoms with E-state index >= 15 is 0 Å². The van der Waals surface area contributed by atoms with Crippen LogP contribution in [0.4, 0.5) is 5.69 Å². The number of hydrogen-bond acceptors (Lipinski definition) is 7. The predicted octanol–water partition coefficient (Wildman–Crippen LogP) is 5.14. The zero-order chi connectivity index (χ0) is 22.4. The summed E-state index contributed by atoms with van der Waals surface area (Å²) in [5, 5.41) is 20.3. The zero-order valence-electron chi connectivity index (χ0n) is 16.6. The molecule has 0 spiro atoms. The van der Waals surface area contributed by atoms with Gasteiger partial charge in [-0.15, -0.1) is 16.8 Å². The number of benzene rings is 2. The average molecular weight is 459 g/mol. The average Bonchev–Trinajstić information content (AvgIpc) is 3.16. The maximum absolute atomic E-state index is 12.5. The van der Waals surface area contributed by atoms with Crippen molar-refractivity contribution >= 4 is 34.8 Å². The van der Waals surface area contributed by atoms with E-state index in [0.717, 1.165) is 0 Å². The lowest BCUT2D eigenvalue weighted by Gasteiger charge is -2.16. The van der Waals surface area contributed by atoms with E-state index in [4.69, 9.17) is 16.3 Å². The first-order chi connectivity index (χ1) is 14.9. The lowest BCUT2D eigenvalue weighted by atomic mass is 10.1. The fourth-order valence-electron chi connectivity index (χ4n) is 2.80. The Hall–Kier alpha value is -3.17. The molecule has 0 amide bonds. The van der Waals surface area contributed by atoms with Crippen LogP contribution in [-0.2, 0) is 6.54 Å². The molecular weight excluding hydrogens is 440 g/mol. The minimum absolute atomic E-state index is 0.0518. The fourth-order valence-corrected chi connectivity index (χ4v) is 3.83. The first-order valence-corrected chi connectivity index (χ1v) is 10.6. The van der Waals surface area contributed by atoms with Gasteiger partial charge in [0.1, 0.15) is 5.75 Å². The van der Waals surface area contributed by atoms with Gasteiger partial charge < -0.3 is 4.74 Å². The van der Waals surface area contributed by atoms with Crippen LogP contribution in [0.2, 0.25) is 5.02 Å². The van der Waals surface area contributed by atoms with Crippen molar-refractivity contribution in [3.8, 4) is 5.75 Å². The monoisotopic (exact) mass is 458 g/mol. The molecule has 0 fully saturated rings. The van der Waals surface area contributed by atoms with Crippen molar-refractivity contribution in [3.05, 3.63) is 87.7 Å². The Bertz CT molecular complexity index is 1120. The van der Waals surface area contributed by atoms with E-state index in [1.54, 1.807) is 28.8 Å². The molecule has 3 aromatic rings. The predicted molar refractivity (Wildman–Crippen MR) is 119 cm³/mol. The summed E-state index contributed by atoms with van der Waals surface area (Å²) in [4.78, 5) is 22.9. The maximum atomic E-state index is 12.5. The number of nitro benzene ring substituents is 1. The number of halogens is 1. The van der Waals surface area contributed by atoms with Gasteiger partial charge in [-0.1, -0.05) is 53.7 Å². The molecule has 0 aliphatic carbocycles. The van der Waals surface area contributed by atoms with Gasteiger partial charge in [0.2, 0.25) is 0 Å². The Morgan fingerprint density at radius 3 is 2.81 bits per heavy atom. The van der Waals surface area contributed by atoms with Crippen molar-refractivity contribution in [1.82, 2.24) is 14.8 Å². The number of carbonyl (C=O) groups is 1. The van der Waals surface area contributed by atoms with Crippen LogP contribution in [0.5, 0.6) is 5.75 Å². The van der Waals surface area contributed by atoms with Gasteiger partial charge in [-0.2, -0.15) is 0 Å². The molecule has 0 radical (unpaired) electrons. The third-order valence-electron chi connectivity index (χ3n) is 4.27. The second-order valence-corrected chi connectivity index (χ2v) is 7.80. The number of ketones is 1. The number of rotatable bonds is 10. The quantitative estimate of drug-likeness (QED) is 0.136. The van der Waals surface area contributed by atoms with E-state index in [1.165, 1.54) is 30.0 Å². The lowest BCUT2D eigenvalue weighted by Crippen LogP contribution is -2.13. The molecule has 0 bridgehead atoms. The minimum Gasteiger partial charge on any atom is -0.481 e. The smallest absolute Gasteiger partial charge is 0.270 e. The molecule has 8 nitrogen and oxygen atoms in total. The second-order valence-electron chi connectivity index (χ2n) is 6.45. The molecule has 10 heteroatoms. The number of aromatic nitrogens is 3. The van der Waals surface area contributed by atoms with E-state index in [0.29, 0.717) is 28.3 Å². The van der Waals surface area contributed by atoms with E-state index in [2.05, 4.69) is 16.8 Å². The molecule has 1 atom stereocenters. The highest BCUT2D eigenvalue weighted by Crippen LogP contribution is 2.29. The summed E-state index contributed by atoms with van der Waals surface area (Å²) in [6.45, 7) is 6.02. The Balaban J connectivity index is 1.75. The van der Waals surface area contributed by atoms with E-state index < -0.39 is 11.0 Å². The van der Waals surface area contributed by atoms with Crippen molar-refractivity contribution in [2.75, 3.05) is 5.75 Å². The van der Waals surface area contributed by atoms with E-state index in [-0.39, 0.29) is 22.8 Å². The highest BCUT2D eigenvalue weighted by atomic mass is 35.5. The van der Waals surface area contributed by atoms with Gasteiger partial charge in [0.25, 0.3) is 5.69 Å². The molecule has 1 unspecified atom stereocenters. The molecule has 1 aromatic heterocycles. The molecule has 3 rings (SSSR count). The number of nitro groups is 1. The van der Waals surface area contributed by atoms with Gasteiger partial charge in [-0.3, -0.25) is 19.5 Å². The largest absolute Gasteiger partial charge is 0.481 e. The summed E-state index contributed by atoms with van der Waals surface area (Å²) < 4.78 is 7.74. The summed E-state index contributed by atoms with van der Waals surface area (Å²) in [5.74, 6) is 0.893. The maximum Gasteiger partial charge on any atom is 0.270 e. The number of allylic oxidation sites excluding steroid dienone is 1. The SMILES string of the molecule is C=CCn1c(SCC(=O)c2cccc([N+](=O)[O-])c2)nnc1C(C)Oc1ccccc1Cl. The van der Waals surface area contributed by atoms with Gasteiger partial charge in [0.05, 0.1) is 15.7 Å². The second kappa shape index (κ2) is 10.2. The van der Waals surface area contributed by atoms with E-state index in [1.807, 2.05) is 19.1 Å². The standard InChI is InChI=1S/C21H19ClN4O4S/c1-3-11-25-20(14(2)30-19-10-5-4-9-17(19)22)23-24-21(25)31-13-18(27)15-7-6-8-16(12-15)26(28)29/h3-10,12,14H,1,11,13H2,2H3. The van der Waals surface area contributed by atoms with Gasteiger partial charge in [-0.05, 0) is 19.1 Å².